The highest BCUT2D eigenvalue weighted by atomic mass is 79.9. The van der Waals surface area contributed by atoms with Crippen molar-refractivity contribution in [2.24, 2.45) is 0 Å². The van der Waals surface area contributed by atoms with E-state index in [9.17, 15) is 8.42 Å². The third kappa shape index (κ3) is 5.74. The van der Waals surface area contributed by atoms with Gasteiger partial charge in [-0.2, -0.15) is 0 Å². The van der Waals surface area contributed by atoms with Crippen molar-refractivity contribution in [2.45, 2.75) is 17.7 Å². The molecule has 9 heteroatoms. The number of nitrogens with one attached hydrogen (secondary N) is 2. The molecule has 0 atom stereocenters. The van der Waals surface area contributed by atoms with Gasteiger partial charge >= 0.3 is 0 Å². The highest BCUT2D eigenvalue weighted by molar-refractivity contribution is 9.11. The molecule has 0 spiro atoms. The van der Waals surface area contributed by atoms with E-state index >= 15 is 0 Å². The molecular formula is C23H19Br2ClN2O3S. The maximum atomic E-state index is 12.6. The van der Waals surface area contributed by atoms with E-state index < -0.39 is 10.0 Å². The van der Waals surface area contributed by atoms with Crippen molar-refractivity contribution in [1.82, 2.24) is 9.71 Å². The van der Waals surface area contributed by atoms with Crippen molar-refractivity contribution in [3.8, 4) is 11.5 Å². The molecule has 0 amide bonds. The molecule has 0 aliphatic rings. The molecule has 0 bridgehead atoms. The Labute approximate surface area is 208 Å². The zero-order valence-corrected chi connectivity index (χ0v) is 21.5. The maximum absolute atomic E-state index is 12.6. The van der Waals surface area contributed by atoms with E-state index in [0.29, 0.717) is 29.5 Å². The van der Waals surface area contributed by atoms with Gasteiger partial charge in [-0.15, -0.1) is 0 Å². The highest BCUT2D eigenvalue weighted by Crippen LogP contribution is 2.29. The van der Waals surface area contributed by atoms with Crippen LogP contribution in [0.5, 0.6) is 11.5 Å². The molecule has 0 saturated carbocycles. The quantitative estimate of drug-likeness (QED) is 0.214. The minimum absolute atomic E-state index is 0.194. The van der Waals surface area contributed by atoms with Crippen LogP contribution >= 0.6 is 43.5 Å². The topological polar surface area (TPSA) is 71.2 Å². The van der Waals surface area contributed by atoms with Crippen LogP contribution in [0.2, 0.25) is 5.02 Å². The lowest BCUT2D eigenvalue weighted by molar-refractivity contribution is 0.481. The molecule has 166 valence electrons. The average molecular weight is 599 g/mol. The number of aromatic nitrogens is 1. The number of sulfonamides is 1. The summed E-state index contributed by atoms with van der Waals surface area (Å²) >= 11 is 12.9. The third-order valence-corrected chi connectivity index (χ3v) is 7.48. The largest absolute Gasteiger partial charge is 0.457 e. The van der Waals surface area contributed by atoms with Gasteiger partial charge in [0.05, 0.1) is 4.90 Å². The van der Waals surface area contributed by atoms with Crippen molar-refractivity contribution >= 4 is 64.4 Å². The molecule has 1 aromatic heterocycles. The van der Waals surface area contributed by atoms with E-state index in [1.54, 1.807) is 12.1 Å². The predicted octanol–water partition coefficient (Wildman–Crippen LogP) is 7.05. The normalized spacial score (nSPS) is 11.7. The smallest absolute Gasteiger partial charge is 0.240 e. The summed E-state index contributed by atoms with van der Waals surface area (Å²) in [5, 5.41) is 1.74. The highest BCUT2D eigenvalue weighted by Gasteiger charge is 2.14. The minimum atomic E-state index is -3.60. The molecule has 2 N–H and O–H groups in total. The van der Waals surface area contributed by atoms with E-state index in [1.807, 2.05) is 42.6 Å². The van der Waals surface area contributed by atoms with Crippen molar-refractivity contribution < 1.29 is 13.2 Å². The Bertz CT molecular complexity index is 1340. The van der Waals surface area contributed by atoms with Crippen molar-refractivity contribution in [1.29, 1.82) is 0 Å². The molecule has 0 aliphatic carbocycles. The Balaban J connectivity index is 1.34. The number of hydrogen-bond acceptors (Lipinski definition) is 3. The van der Waals surface area contributed by atoms with Gasteiger partial charge in [0.25, 0.3) is 0 Å². The van der Waals surface area contributed by atoms with E-state index in [4.69, 9.17) is 16.3 Å². The van der Waals surface area contributed by atoms with Crippen molar-refractivity contribution in [3.05, 3.63) is 86.4 Å². The molecule has 5 nitrogen and oxygen atoms in total. The van der Waals surface area contributed by atoms with E-state index in [0.717, 1.165) is 31.8 Å². The molecule has 0 unspecified atom stereocenters. The van der Waals surface area contributed by atoms with Crippen molar-refractivity contribution in [3.63, 3.8) is 0 Å². The molecule has 0 fully saturated rings. The number of hydrogen-bond donors (Lipinski definition) is 2. The summed E-state index contributed by atoms with van der Waals surface area (Å²) in [4.78, 5) is 3.41. The molecule has 0 saturated heterocycles. The summed E-state index contributed by atoms with van der Waals surface area (Å²) in [6.45, 7) is 0.333. The number of aryl methyl sites for hydroxylation is 1. The Morgan fingerprint density at radius 3 is 2.38 bits per heavy atom. The number of H-pyrrole nitrogens is 1. The van der Waals surface area contributed by atoms with Crippen LogP contribution in [0.3, 0.4) is 0 Å². The summed E-state index contributed by atoms with van der Waals surface area (Å²) < 4.78 is 35.5. The summed E-state index contributed by atoms with van der Waals surface area (Å²) in [5.74, 6) is 1.19. The van der Waals surface area contributed by atoms with Crippen LogP contribution in [0.1, 0.15) is 12.0 Å². The Morgan fingerprint density at radius 1 is 0.938 bits per heavy atom. The van der Waals surface area contributed by atoms with Gasteiger partial charge in [0, 0.05) is 37.6 Å². The minimum Gasteiger partial charge on any atom is -0.457 e. The summed E-state index contributed by atoms with van der Waals surface area (Å²) in [5.41, 5.74) is 2.13. The fraction of sp³-hybridized carbons (Fsp3) is 0.130. The number of rotatable bonds is 8. The maximum Gasteiger partial charge on any atom is 0.240 e. The Hall–Kier alpha value is -1.84. The van der Waals surface area contributed by atoms with Gasteiger partial charge in [0.15, 0.2) is 0 Å². The van der Waals surface area contributed by atoms with Gasteiger partial charge in [-0.25, -0.2) is 13.1 Å². The zero-order valence-electron chi connectivity index (χ0n) is 16.7. The second-order valence-corrected chi connectivity index (χ2v) is 11.2. The van der Waals surface area contributed by atoms with Crippen LogP contribution < -0.4 is 9.46 Å². The molecule has 1 heterocycles. The van der Waals surface area contributed by atoms with Gasteiger partial charge < -0.3 is 9.72 Å². The van der Waals surface area contributed by atoms with Crippen LogP contribution in [0.15, 0.2) is 80.7 Å². The van der Waals surface area contributed by atoms with Gasteiger partial charge in [0.1, 0.15) is 11.5 Å². The van der Waals surface area contributed by atoms with Gasteiger partial charge in [-0.3, -0.25) is 0 Å². The number of fused-ring (bicyclic) bond motifs is 1. The van der Waals surface area contributed by atoms with Crippen LogP contribution in [-0.4, -0.2) is 19.9 Å². The summed E-state index contributed by atoms with van der Waals surface area (Å²) in [6, 6.07) is 17.6. The Kier molecular flexibility index (Phi) is 7.27. The fourth-order valence-electron chi connectivity index (χ4n) is 3.34. The lowest BCUT2D eigenvalue weighted by atomic mass is 10.1. The first kappa shape index (κ1) is 23.3. The standard InChI is InChI=1S/C23H19Br2ClN2O3S/c24-16-10-17(25)12-20(11-16)31-19-4-6-21(7-5-19)32(29,30)28-9-1-2-15-14-27-23-8-3-18(26)13-22(15)23/h3-8,10-14,27-28H,1-2,9H2. The van der Waals surface area contributed by atoms with Crippen LogP contribution in [0.25, 0.3) is 10.9 Å². The molecule has 3 aromatic carbocycles. The van der Waals surface area contributed by atoms with Crippen LogP contribution in [0.4, 0.5) is 0 Å². The van der Waals surface area contributed by atoms with E-state index in [1.165, 1.54) is 12.1 Å². The first-order chi connectivity index (χ1) is 15.3. The molecule has 32 heavy (non-hydrogen) atoms. The molecular weight excluding hydrogens is 580 g/mol. The van der Waals surface area contributed by atoms with E-state index in [2.05, 4.69) is 41.6 Å². The Morgan fingerprint density at radius 2 is 1.66 bits per heavy atom. The third-order valence-electron chi connectivity index (χ3n) is 4.85. The molecule has 0 aliphatic heterocycles. The van der Waals surface area contributed by atoms with Gasteiger partial charge in [0.2, 0.25) is 10.0 Å². The first-order valence-corrected chi connectivity index (χ1v) is 13.2. The van der Waals surface area contributed by atoms with Crippen LogP contribution in [0, 0.1) is 0 Å². The van der Waals surface area contributed by atoms with Gasteiger partial charge in [-0.05, 0) is 79.1 Å². The number of benzene rings is 3. The second-order valence-electron chi connectivity index (χ2n) is 7.18. The zero-order chi connectivity index (χ0) is 22.7. The van der Waals surface area contributed by atoms with E-state index in [-0.39, 0.29) is 4.90 Å². The molecule has 4 rings (SSSR count). The lowest BCUT2D eigenvalue weighted by Gasteiger charge is -2.09. The van der Waals surface area contributed by atoms with Gasteiger partial charge in [-0.1, -0.05) is 43.5 Å². The lowest BCUT2D eigenvalue weighted by Crippen LogP contribution is -2.25. The van der Waals surface area contributed by atoms with Crippen molar-refractivity contribution in [2.75, 3.05) is 6.54 Å². The monoisotopic (exact) mass is 596 g/mol. The van der Waals surface area contributed by atoms with Crippen LogP contribution in [-0.2, 0) is 16.4 Å². The predicted molar refractivity (Wildman–Crippen MR) is 135 cm³/mol. The fourth-order valence-corrected chi connectivity index (χ4v) is 5.83. The number of halogens is 3. The first-order valence-electron chi connectivity index (χ1n) is 9.79. The molecule has 4 aromatic rings. The second kappa shape index (κ2) is 9.97. The SMILES string of the molecule is O=S(=O)(NCCCc1c[nH]c2ccc(Cl)cc12)c1ccc(Oc2cc(Br)cc(Br)c2)cc1. The summed E-state index contributed by atoms with van der Waals surface area (Å²) in [6.07, 6.45) is 3.34. The molecule has 0 radical (unpaired) electrons. The number of ether oxygens (including phenoxy) is 1. The number of aromatic amines is 1. The summed E-state index contributed by atoms with van der Waals surface area (Å²) in [7, 11) is -3.60. The average Bonchev–Trinajstić information content (AvgIpc) is 3.13.